The van der Waals surface area contributed by atoms with Crippen molar-refractivity contribution in [3.63, 3.8) is 0 Å². The minimum Gasteiger partial charge on any atom is -0.370 e. The molecule has 1 atom stereocenters. The number of rotatable bonds is 4. The molecule has 0 saturated heterocycles. The molecule has 0 aliphatic rings. The maximum atomic E-state index is 10.2. The van der Waals surface area contributed by atoms with E-state index in [1.54, 1.807) is 0 Å². The molecule has 2 N–H and O–H groups in total. The molecule has 2 nitrogen and oxygen atoms in total. The molecule has 0 aromatic rings. The van der Waals surface area contributed by atoms with Gasteiger partial charge in [0, 0.05) is 16.6 Å². The van der Waals surface area contributed by atoms with Gasteiger partial charge in [-0.15, -0.1) is 0 Å². The quantitative estimate of drug-likeness (QED) is 0.762. The number of carbonyl (C=O) groups is 1. The summed E-state index contributed by atoms with van der Waals surface area (Å²) in [6, 6.07) is 0. The van der Waals surface area contributed by atoms with Gasteiger partial charge in [0.15, 0.2) is 0 Å². The standard InChI is InChI=1S/C5H9Br2NO/c6-3-4(7)1-2-5(8)9/h4H,1-3H2,(H2,8,9). The van der Waals surface area contributed by atoms with Gasteiger partial charge >= 0.3 is 0 Å². The van der Waals surface area contributed by atoms with Crippen LogP contribution in [-0.4, -0.2) is 16.1 Å². The summed E-state index contributed by atoms with van der Waals surface area (Å²) in [6.45, 7) is 0. The van der Waals surface area contributed by atoms with E-state index < -0.39 is 0 Å². The van der Waals surface area contributed by atoms with Crippen LogP contribution in [0.15, 0.2) is 0 Å². The van der Waals surface area contributed by atoms with Gasteiger partial charge in [0.25, 0.3) is 0 Å². The van der Waals surface area contributed by atoms with Crippen molar-refractivity contribution in [3.05, 3.63) is 0 Å². The number of halogens is 2. The fourth-order valence-corrected chi connectivity index (χ4v) is 0.929. The molecule has 1 amide bonds. The molecule has 0 bridgehead atoms. The predicted molar refractivity (Wildman–Crippen MR) is 44.9 cm³/mol. The highest BCUT2D eigenvalue weighted by atomic mass is 79.9. The molecular weight excluding hydrogens is 250 g/mol. The number of amides is 1. The third-order valence-electron chi connectivity index (χ3n) is 0.871. The number of hydrogen-bond donors (Lipinski definition) is 1. The fraction of sp³-hybridized carbons (Fsp3) is 0.800. The van der Waals surface area contributed by atoms with Gasteiger partial charge in [0.1, 0.15) is 0 Å². The van der Waals surface area contributed by atoms with Crippen molar-refractivity contribution in [2.75, 3.05) is 5.33 Å². The summed E-state index contributed by atoms with van der Waals surface area (Å²) in [5.41, 5.74) is 4.92. The second-order valence-electron chi connectivity index (χ2n) is 1.76. The highest BCUT2D eigenvalue weighted by molar-refractivity contribution is 9.12. The van der Waals surface area contributed by atoms with E-state index >= 15 is 0 Å². The van der Waals surface area contributed by atoms with Crippen molar-refractivity contribution in [1.82, 2.24) is 0 Å². The number of alkyl halides is 2. The van der Waals surface area contributed by atoms with Crippen LogP contribution in [0.25, 0.3) is 0 Å². The van der Waals surface area contributed by atoms with Gasteiger partial charge in [-0.3, -0.25) is 4.79 Å². The lowest BCUT2D eigenvalue weighted by Gasteiger charge is -2.00. The van der Waals surface area contributed by atoms with Crippen LogP contribution in [0.1, 0.15) is 12.8 Å². The lowest BCUT2D eigenvalue weighted by molar-refractivity contribution is -0.118. The summed E-state index contributed by atoms with van der Waals surface area (Å²) < 4.78 is 0. The molecule has 0 aromatic heterocycles. The van der Waals surface area contributed by atoms with Crippen LogP contribution in [0.2, 0.25) is 0 Å². The molecule has 9 heavy (non-hydrogen) atoms. The van der Waals surface area contributed by atoms with Crippen LogP contribution in [-0.2, 0) is 4.79 Å². The Labute approximate surface area is 71.4 Å². The zero-order chi connectivity index (χ0) is 7.28. The SMILES string of the molecule is NC(=O)CCC(Br)CBr. The fourth-order valence-electron chi connectivity index (χ4n) is 0.376. The Kier molecular flexibility index (Phi) is 5.48. The number of carbonyl (C=O) groups excluding carboxylic acids is 1. The van der Waals surface area contributed by atoms with Crippen molar-refractivity contribution in [2.24, 2.45) is 5.73 Å². The molecule has 0 saturated carbocycles. The lowest BCUT2D eigenvalue weighted by atomic mass is 10.2. The van der Waals surface area contributed by atoms with E-state index in [0.717, 1.165) is 11.8 Å². The molecule has 0 aromatic carbocycles. The van der Waals surface area contributed by atoms with Crippen molar-refractivity contribution in [1.29, 1.82) is 0 Å². The molecule has 54 valence electrons. The van der Waals surface area contributed by atoms with E-state index in [9.17, 15) is 4.79 Å². The van der Waals surface area contributed by atoms with E-state index in [1.165, 1.54) is 0 Å². The van der Waals surface area contributed by atoms with Crippen LogP contribution in [0, 0.1) is 0 Å². The number of primary amides is 1. The Bertz CT molecular complexity index is 97.0. The van der Waals surface area contributed by atoms with Crippen molar-refractivity contribution in [3.8, 4) is 0 Å². The first-order chi connectivity index (χ1) is 4.16. The smallest absolute Gasteiger partial charge is 0.217 e. The van der Waals surface area contributed by atoms with Crippen molar-refractivity contribution >= 4 is 37.8 Å². The van der Waals surface area contributed by atoms with Gasteiger partial charge < -0.3 is 5.73 Å². The molecule has 0 radical (unpaired) electrons. The van der Waals surface area contributed by atoms with E-state index in [2.05, 4.69) is 31.9 Å². The monoisotopic (exact) mass is 257 g/mol. The van der Waals surface area contributed by atoms with E-state index in [-0.39, 0.29) is 5.91 Å². The zero-order valence-electron chi connectivity index (χ0n) is 4.94. The van der Waals surface area contributed by atoms with Crippen molar-refractivity contribution < 1.29 is 4.79 Å². The average Bonchev–Trinajstić information content (AvgIpc) is 1.83. The highest BCUT2D eigenvalue weighted by Gasteiger charge is 2.02. The van der Waals surface area contributed by atoms with Crippen LogP contribution >= 0.6 is 31.9 Å². The normalized spacial score (nSPS) is 13.1. The maximum absolute atomic E-state index is 10.2. The van der Waals surface area contributed by atoms with Gasteiger partial charge in [-0.25, -0.2) is 0 Å². The highest BCUT2D eigenvalue weighted by Crippen LogP contribution is 2.09. The van der Waals surface area contributed by atoms with Crippen LogP contribution in [0.3, 0.4) is 0 Å². The second-order valence-corrected chi connectivity index (χ2v) is 3.70. The summed E-state index contributed by atoms with van der Waals surface area (Å²) in [6.07, 6.45) is 1.27. The first-order valence-corrected chi connectivity index (χ1v) is 4.69. The minimum atomic E-state index is -0.236. The Hall–Kier alpha value is 0.430. The first-order valence-electron chi connectivity index (χ1n) is 2.65. The molecule has 0 heterocycles. The average molecular weight is 259 g/mol. The summed E-state index contributed by atoms with van der Waals surface area (Å²) >= 11 is 6.62. The van der Waals surface area contributed by atoms with Crippen LogP contribution < -0.4 is 5.73 Å². The Morgan fingerprint density at radius 2 is 2.22 bits per heavy atom. The Balaban J connectivity index is 3.16. The van der Waals surface area contributed by atoms with Gasteiger partial charge in [-0.1, -0.05) is 31.9 Å². The van der Waals surface area contributed by atoms with Gasteiger partial charge in [0.2, 0.25) is 5.91 Å². The molecule has 0 aliphatic heterocycles. The summed E-state index contributed by atoms with van der Waals surface area (Å²) in [5.74, 6) is -0.236. The van der Waals surface area contributed by atoms with Crippen LogP contribution in [0.5, 0.6) is 0 Å². The largest absolute Gasteiger partial charge is 0.370 e. The first kappa shape index (κ1) is 9.43. The van der Waals surface area contributed by atoms with E-state index in [0.29, 0.717) is 11.2 Å². The Morgan fingerprint density at radius 3 is 2.56 bits per heavy atom. The molecule has 4 heteroatoms. The molecule has 0 spiro atoms. The minimum absolute atomic E-state index is 0.236. The molecule has 0 rings (SSSR count). The topological polar surface area (TPSA) is 43.1 Å². The summed E-state index contributed by atoms with van der Waals surface area (Å²) in [5, 5.41) is 0.861. The van der Waals surface area contributed by atoms with Gasteiger partial charge in [-0.05, 0) is 6.42 Å². The van der Waals surface area contributed by atoms with Crippen molar-refractivity contribution in [2.45, 2.75) is 17.7 Å². The molecule has 1 unspecified atom stereocenters. The molecular formula is C5H9Br2NO. The third-order valence-corrected chi connectivity index (χ3v) is 3.30. The number of hydrogen-bond acceptors (Lipinski definition) is 1. The summed E-state index contributed by atoms with van der Waals surface area (Å²) in [7, 11) is 0. The Morgan fingerprint density at radius 1 is 1.67 bits per heavy atom. The molecule has 0 fully saturated rings. The summed E-state index contributed by atoms with van der Waals surface area (Å²) in [4.78, 5) is 10.6. The zero-order valence-corrected chi connectivity index (χ0v) is 8.11. The second kappa shape index (κ2) is 5.23. The van der Waals surface area contributed by atoms with Gasteiger partial charge in [0.05, 0.1) is 0 Å². The third kappa shape index (κ3) is 6.31. The van der Waals surface area contributed by atoms with E-state index in [4.69, 9.17) is 5.73 Å². The molecule has 0 aliphatic carbocycles. The van der Waals surface area contributed by atoms with Gasteiger partial charge in [-0.2, -0.15) is 0 Å². The van der Waals surface area contributed by atoms with E-state index in [1.807, 2.05) is 0 Å². The predicted octanol–water partition coefficient (Wildman–Crippen LogP) is 1.41. The maximum Gasteiger partial charge on any atom is 0.217 e. The van der Waals surface area contributed by atoms with Crippen LogP contribution in [0.4, 0.5) is 0 Å². The number of nitrogens with two attached hydrogens (primary N) is 1. The lowest BCUT2D eigenvalue weighted by Crippen LogP contribution is -2.12.